The Hall–Kier alpha value is -7.36. The highest BCUT2D eigenvalue weighted by Gasteiger charge is 2.41. The van der Waals surface area contributed by atoms with E-state index in [-0.39, 0.29) is 5.41 Å². The molecule has 11 rings (SSSR count). The number of fused-ring (bicyclic) bond motifs is 6. The van der Waals surface area contributed by atoms with Gasteiger partial charge in [0.2, 0.25) is 0 Å². The molecule has 0 saturated carbocycles. The Morgan fingerprint density at radius 1 is 0.404 bits per heavy atom. The van der Waals surface area contributed by atoms with Crippen LogP contribution in [0.2, 0.25) is 0 Å². The lowest BCUT2D eigenvalue weighted by Gasteiger charge is -2.28. The van der Waals surface area contributed by atoms with Gasteiger partial charge in [-0.1, -0.05) is 188 Å². The normalized spacial score (nSPS) is 14.5. The first-order chi connectivity index (χ1) is 28.1. The predicted octanol–water partition coefficient (Wildman–Crippen LogP) is 14.0. The molecule has 2 aromatic heterocycles. The van der Waals surface area contributed by atoms with Crippen molar-refractivity contribution in [1.29, 1.82) is 0 Å². The molecule has 0 radical (unpaired) electrons. The number of hydrogen-bond donors (Lipinski definition) is 0. The van der Waals surface area contributed by atoms with Gasteiger partial charge in [0, 0.05) is 38.4 Å². The zero-order valence-electron chi connectivity index (χ0n) is 31.4. The summed E-state index contributed by atoms with van der Waals surface area (Å²) in [6.45, 7) is 2.36. The van der Waals surface area contributed by atoms with Gasteiger partial charge in [0.25, 0.3) is 0 Å². The summed E-state index contributed by atoms with van der Waals surface area (Å²) < 4.78 is 6.39. The van der Waals surface area contributed by atoms with Gasteiger partial charge >= 0.3 is 0 Å². The van der Waals surface area contributed by atoms with Crippen molar-refractivity contribution in [3.05, 3.63) is 217 Å². The summed E-state index contributed by atoms with van der Waals surface area (Å²) >= 11 is 0. The van der Waals surface area contributed by atoms with Crippen molar-refractivity contribution < 1.29 is 4.42 Å². The highest BCUT2D eigenvalue weighted by molar-refractivity contribution is 6.09. The Morgan fingerprint density at radius 2 is 0.947 bits per heavy atom. The third-order valence-electron chi connectivity index (χ3n) is 11.8. The first-order valence-electron chi connectivity index (χ1n) is 19.5. The fourth-order valence-corrected chi connectivity index (χ4v) is 9.04. The first kappa shape index (κ1) is 33.0. The third kappa shape index (κ3) is 5.27. The Morgan fingerprint density at radius 3 is 1.74 bits per heavy atom. The maximum atomic E-state index is 6.39. The van der Waals surface area contributed by atoms with Crippen molar-refractivity contribution in [1.82, 2.24) is 9.97 Å². The summed E-state index contributed by atoms with van der Waals surface area (Å²) in [5.74, 6) is 0.696. The minimum Gasteiger partial charge on any atom is -0.455 e. The number of rotatable bonds is 6. The summed E-state index contributed by atoms with van der Waals surface area (Å²) in [4.78, 5) is 10.6. The van der Waals surface area contributed by atoms with Crippen LogP contribution in [0.5, 0.6) is 0 Å². The summed E-state index contributed by atoms with van der Waals surface area (Å²) in [6.07, 6.45) is 0. The van der Waals surface area contributed by atoms with E-state index in [0.717, 1.165) is 72.3 Å². The monoisotopic (exact) mass is 728 g/mol. The zero-order chi connectivity index (χ0) is 37.9. The summed E-state index contributed by atoms with van der Waals surface area (Å²) in [5, 5.41) is 2.26. The number of nitrogens with zero attached hydrogens (tertiary/aromatic N) is 2. The standard InChI is InChI=1S/C54H36N2O/c1-54(38-18-6-3-7-19-38)46-27-12-10-23-44(46)51-45(26-15-28-47(51)54)49-34-48(55-53(56-49)37-16-4-2-5-17-37)41-21-9-8-20-39(41)35-30-32-36(33-31-35)40-24-14-25-43-42-22-11-13-29-50(42)57-52(40)43/h2-34H,1H3. The highest BCUT2D eigenvalue weighted by atomic mass is 16.3. The van der Waals surface area contributed by atoms with Gasteiger partial charge in [-0.15, -0.1) is 0 Å². The van der Waals surface area contributed by atoms with E-state index in [4.69, 9.17) is 14.4 Å². The van der Waals surface area contributed by atoms with Crippen LogP contribution in [-0.2, 0) is 5.41 Å². The molecule has 1 unspecified atom stereocenters. The van der Waals surface area contributed by atoms with E-state index in [1.165, 1.54) is 27.8 Å². The summed E-state index contributed by atoms with van der Waals surface area (Å²) in [6, 6.07) is 70.9. The minimum atomic E-state index is -0.310. The van der Waals surface area contributed by atoms with E-state index in [2.05, 4.69) is 177 Å². The van der Waals surface area contributed by atoms with Gasteiger partial charge < -0.3 is 4.42 Å². The molecule has 0 N–H and O–H groups in total. The molecule has 1 aliphatic carbocycles. The van der Waals surface area contributed by atoms with E-state index in [0.29, 0.717) is 5.82 Å². The topological polar surface area (TPSA) is 38.9 Å². The van der Waals surface area contributed by atoms with Crippen molar-refractivity contribution in [3.8, 4) is 67.3 Å². The smallest absolute Gasteiger partial charge is 0.160 e. The molecule has 3 heteroatoms. The molecule has 0 fully saturated rings. The molecular formula is C54H36N2O. The second-order valence-electron chi connectivity index (χ2n) is 15.0. The van der Waals surface area contributed by atoms with Crippen LogP contribution in [0.25, 0.3) is 89.2 Å². The fraction of sp³-hybridized carbons (Fsp3) is 0.0370. The van der Waals surface area contributed by atoms with Crippen molar-refractivity contribution in [2.75, 3.05) is 0 Å². The van der Waals surface area contributed by atoms with E-state index < -0.39 is 0 Å². The Bertz CT molecular complexity index is 3130. The van der Waals surface area contributed by atoms with E-state index >= 15 is 0 Å². The molecule has 2 heterocycles. The predicted molar refractivity (Wildman–Crippen MR) is 234 cm³/mol. The lowest BCUT2D eigenvalue weighted by atomic mass is 9.74. The highest BCUT2D eigenvalue weighted by Crippen LogP contribution is 2.55. The number of para-hydroxylation sites is 2. The molecule has 1 aliphatic rings. The second-order valence-corrected chi connectivity index (χ2v) is 15.0. The van der Waals surface area contributed by atoms with Gasteiger partial charge in [-0.2, -0.15) is 0 Å². The molecule has 268 valence electrons. The van der Waals surface area contributed by atoms with Gasteiger partial charge in [-0.05, 0) is 63.6 Å². The van der Waals surface area contributed by atoms with E-state index in [1.807, 2.05) is 30.3 Å². The SMILES string of the molecule is CC1(c2ccccc2)c2ccccc2-c2c(-c3cc(-c4ccccc4-c4ccc(-c5cccc6c5oc5ccccc56)cc4)nc(-c4ccccc4)n3)cccc21. The largest absolute Gasteiger partial charge is 0.455 e. The Balaban J connectivity index is 1.06. The number of benzene rings is 8. The molecule has 0 saturated heterocycles. The van der Waals surface area contributed by atoms with E-state index in [9.17, 15) is 0 Å². The lowest BCUT2D eigenvalue weighted by molar-refractivity contribution is 0.670. The molecule has 8 aromatic carbocycles. The van der Waals surface area contributed by atoms with Crippen LogP contribution < -0.4 is 0 Å². The van der Waals surface area contributed by atoms with Crippen LogP contribution in [0.4, 0.5) is 0 Å². The molecule has 57 heavy (non-hydrogen) atoms. The number of furan rings is 1. The summed E-state index contributed by atoms with van der Waals surface area (Å²) in [7, 11) is 0. The van der Waals surface area contributed by atoms with Crippen molar-refractivity contribution in [3.63, 3.8) is 0 Å². The van der Waals surface area contributed by atoms with Gasteiger partial charge in [0.1, 0.15) is 11.2 Å². The molecule has 0 amide bonds. The second kappa shape index (κ2) is 13.1. The average molecular weight is 729 g/mol. The van der Waals surface area contributed by atoms with Crippen LogP contribution in [-0.4, -0.2) is 9.97 Å². The van der Waals surface area contributed by atoms with Crippen LogP contribution in [0.1, 0.15) is 23.6 Å². The van der Waals surface area contributed by atoms with Gasteiger partial charge in [-0.25, -0.2) is 9.97 Å². The average Bonchev–Trinajstić information content (AvgIpc) is 3.80. The molecule has 0 bridgehead atoms. The van der Waals surface area contributed by atoms with Crippen LogP contribution in [0.3, 0.4) is 0 Å². The maximum absolute atomic E-state index is 6.39. The quantitative estimate of drug-likeness (QED) is 0.171. The van der Waals surface area contributed by atoms with Gasteiger partial charge in [-0.3, -0.25) is 0 Å². The molecule has 3 nitrogen and oxygen atoms in total. The third-order valence-corrected chi connectivity index (χ3v) is 11.8. The van der Waals surface area contributed by atoms with E-state index in [1.54, 1.807) is 0 Å². The Labute approximate surface area is 331 Å². The molecule has 1 atom stereocenters. The summed E-state index contributed by atoms with van der Waals surface area (Å²) in [5.41, 5.74) is 17.1. The van der Waals surface area contributed by atoms with Gasteiger partial charge in [0.15, 0.2) is 5.82 Å². The number of aromatic nitrogens is 2. The first-order valence-corrected chi connectivity index (χ1v) is 19.5. The van der Waals surface area contributed by atoms with Crippen molar-refractivity contribution in [2.45, 2.75) is 12.3 Å². The Kier molecular flexibility index (Phi) is 7.61. The number of hydrogen-bond acceptors (Lipinski definition) is 3. The van der Waals surface area contributed by atoms with Gasteiger partial charge in [0.05, 0.1) is 11.4 Å². The van der Waals surface area contributed by atoms with Crippen LogP contribution >= 0.6 is 0 Å². The molecule has 0 spiro atoms. The lowest BCUT2D eigenvalue weighted by Crippen LogP contribution is -2.22. The molecule has 0 aliphatic heterocycles. The molecular weight excluding hydrogens is 693 g/mol. The maximum Gasteiger partial charge on any atom is 0.160 e. The minimum absolute atomic E-state index is 0.310. The van der Waals surface area contributed by atoms with Crippen molar-refractivity contribution >= 4 is 21.9 Å². The van der Waals surface area contributed by atoms with Crippen LogP contribution in [0, 0.1) is 0 Å². The van der Waals surface area contributed by atoms with Crippen molar-refractivity contribution in [2.24, 2.45) is 0 Å². The fourth-order valence-electron chi connectivity index (χ4n) is 9.04. The zero-order valence-corrected chi connectivity index (χ0v) is 31.4. The molecule has 10 aromatic rings. The van der Waals surface area contributed by atoms with Crippen LogP contribution in [0.15, 0.2) is 205 Å².